The highest BCUT2D eigenvalue weighted by atomic mass is 35.5. The van der Waals surface area contributed by atoms with E-state index < -0.39 is 18.2 Å². The van der Waals surface area contributed by atoms with Gasteiger partial charge in [0, 0.05) is 18.7 Å². The van der Waals surface area contributed by atoms with Gasteiger partial charge in [-0.1, -0.05) is 23.7 Å². The number of rotatable bonds is 11. The first-order valence-corrected chi connectivity index (χ1v) is 9.90. The quantitative estimate of drug-likeness (QED) is 0.412. The summed E-state index contributed by atoms with van der Waals surface area (Å²) in [7, 11) is 4.17. The van der Waals surface area contributed by atoms with Gasteiger partial charge < -0.3 is 29.0 Å². The van der Waals surface area contributed by atoms with Crippen LogP contribution in [-0.4, -0.2) is 59.8 Å². The number of hydrogen-bond donors (Lipinski definition) is 1. The molecule has 0 heterocycles. The summed E-state index contributed by atoms with van der Waals surface area (Å²) in [5.74, 6) is -0.0334. The number of halogens is 1. The van der Waals surface area contributed by atoms with Crippen molar-refractivity contribution >= 4 is 23.7 Å². The molecule has 1 amide bonds. The zero-order valence-corrected chi connectivity index (χ0v) is 18.4. The number of methoxy groups -OCH3 is 3. The zero-order valence-electron chi connectivity index (χ0n) is 17.7. The van der Waals surface area contributed by atoms with Gasteiger partial charge in [-0.15, -0.1) is 0 Å². The van der Waals surface area contributed by atoms with Gasteiger partial charge in [-0.2, -0.15) is 0 Å². The molecule has 0 aromatic heterocycles. The molecule has 2 rings (SSSR count). The minimum atomic E-state index is -0.576. The molecule has 2 aromatic carbocycles. The Morgan fingerprint density at radius 1 is 0.968 bits per heavy atom. The molecule has 168 valence electrons. The molecule has 9 heteroatoms. The first-order chi connectivity index (χ1) is 15.0. The van der Waals surface area contributed by atoms with E-state index in [0.29, 0.717) is 35.1 Å². The molecule has 0 saturated carbocycles. The van der Waals surface area contributed by atoms with E-state index in [1.54, 1.807) is 43.5 Å². The summed E-state index contributed by atoms with van der Waals surface area (Å²) in [6.07, 6.45) is -1.13. The maximum absolute atomic E-state index is 12.2. The van der Waals surface area contributed by atoms with E-state index in [2.05, 4.69) is 10.1 Å². The first kappa shape index (κ1) is 24.5. The lowest BCUT2D eigenvalue weighted by atomic mass is 9.99. The molecular formula is C22H26ClNO7. The van der Waals surface area contributed by atoms with Crippen molar-refractivity contribution in [2.24, 2.45) is 0 Å². The largest absolute Gasteiger partial charge is 0.491 e. The number of carbonyl (C=O) groups excluding carboxylic acids is 2. The van der Waals surface area contributed by atoms with Gasteiger partial charge in [-0.05, 0) is 41.5 Å². The van der Waals surface area contributed by atoms with Crippen LogP contribution in [0.2, 0.25) is 5.02 Å². The SMILES string of the molecule is COCCOc1cc(C(=O)OC)cc(C(OCCNC(=O)OC)c2cccc(Cl)c2)c1. The standard InChI is InChI=1S/C22H26ClNO7/c1-27-9-10-30-19-13-16(11-17(14-19)21(25)28-2)20(15-5-4-6-18(23)12-15)31-8-7-24-22(26)29-3/h4-6,11-14,20H,7-10H2,1-3H3,(H,24,26). The van der Waals surface area contributed by atoms with Gasteiger partial charge in [0.1, 0.15) is 18.5 Å². The molecule has 0 bridgehead atoms. The van der Waals surface area contributed by atoms with E-state index in [4.69, 9.17) is 30.5 Å². The van der Waals surface area contributed by atoms with Crippen molar-refractivity contribution in [2.45, 2.75) is 6.10 Å². The summed E-state index contributed by atoms with van der Waals surface area (Å²) in [5, 5.41) is 3.10. The Bertz CT molecular complexity index is 875. The number of amides is 1. The van der Waals surface area contributed by atoms with Crippen LogP contribution in [-0.2, 0) is 18.9 Å². The van der Waals surface area contributed by atoms with Crippen molar-refractivity contribution < 1.29 is 33.3 Å². The summed E-state index contributed by atoms with van der Waals surface area (Å²) in [5.41, 5.74) is 1.75. The maximum Gasteiger partial charge on any atom is 0.406 e. The Kier molecular flexibility index (Phi) is 10.1. The molecule has 1 N–H and O–H groups in total. The van der Waals surface area contributed by atoms with E-state index in [-0.39, 0.29) is 13.2 Å². The minimum absolute atomic E-state index is 0.189. The topological polar surface area (TPSA) is 92.3 Å². The van der Waals surface area contributed by atoms with Crippen molar-refractivity contribution in [3.05, 3.63) is 64.2 Å². The van der Waals surface area contributed by atoms with Crippen molar-refractivity contribution in [2.75, 3.05) is 47.7 Å². The van der Waals surface area contributed by atoms with Gasteiger partial charge in [-0.25, -0.2) is 9.59 Å². The molecule has 8 nitrogen and oxygen atoms in total. The van der Waals surface area contributed by atoms with Gasteiger partial charge in [0.15, 0.2) is 0 Å². The van der Waals surface area contributed by atoms with E-state index in [1.165, 1.54) is 14.2 Å². The number of benzene rings is 2. The van der Waals surface area contributed by atoms with Gasteiger partial charge in [0.05, 0.1) is 33.0 Å². The van der Waals surface area contributed by atoms with Gasteiger partial charge in [-0.3, -0.25) is 0 Å². The number of nitrogens with one attached hydrogen (secondary N) is 1. The molecule has 0 saturated heterocycles. The van der Waals surface area contributed by atoms with Crippen LogP contribution < -0.4 is 10.1 Å². The second kappa shape index (κ2) is 12.8. The zero-order chi connectivity index (χ0) is 22.6. The Labute approximate surface area is 186 Å². The molecule has 0 spiro atoms. The number of ether oxygens (including phenoxy) is 5. The summed E-state index contributed by atoms with van der Waals surface area (Å²) in [4.78, 5) is 23.5. The molecule has 2 aromatic rings. The third kappa shape index (κ3) is 7.75. The highest BCUT2D eigenvalue weighted by molar-refractivity contribution is 6.30. The molecule has 0 aliphatic rings. The van der Waals surface area contributed by atoms with Gasteiger partial charge in [0.25, 0.3) is 0 Å². The smallest absolute Gasteiger partial charge is 0.406 e. The monoisotopic (exact) mass is 451 g/mol. The molecule has 0 aliphatic heterocycles. The second-order valence-corrected chi connectivity index (χ2v) is 6.78. The van der Waals surface area contributed by atoms with Crippen LogP contribution in [0.15, 0.2) is 42.5 Å². The average Bonchev–Trinajstić information content (AvgIpc) is 2.78. The number of esters is 1. The number of alkyl carbamates (subject to hydrolysis) is 1. The van der Waals surface area contributed by atoms with E-state index in [9.17, 15) is 9.59 Å². The van der Waals surface area contributed by atoms with E-state index >= 15 is 0 Å². The lowest BCUT2D eigenvalue weighted by Crippen LogP contribution is -2.27. The highest BCUT2D eigenvalue weighted by Crippen LogP contribution is 2.31. The van der Waals surface area contributed by atoms with Crippen molar-refractivity contribution in [1.82, 2.24) is 5.32 Å². The third-order valence-corrected chi connectivity index (χ3v) is 4.44. The van der Waals surface area contributed by atoms with Crippen molar-refractivity contribution in [1.29, 1.82) is 0 Å². The Morgan fingerprint density at radius 2 is 1.77 bits per heavy atom. The molecule has 1 unspecified atom stereocenters. The maximum atomic E-state index is 12.2. The molecular weight excluding hydrogens is 426 g/mol. The Balaban J connectivity index is 2.36. The second-order valence-electron chi connectivity index (χ2n) is 6.35. The predicted molar refractivity (Wildman–Crippen MR) is 115 cm³/mol. The Morgan fingerprint density at radius 3 is 2.45 bits per heavy atom. The molecule has 0 aliphatic carbocycles. The fourth-order valence-electron chi connectivity index (χ4n) is 2.79. The van der Waals surface area contributed by atoms with E-state index in [1.807, 2.05) is 6.07 Å². The van der Waals surface area contributed by atoms with Crippen LogP contribution in [0, 0.1) is 0 Å². The normalized spacial score (nSPS) is 11.5. The van der Waals surface area contributed by atoms with Crippen molar-refractivity contribution in [3.63, 3.8) is 0 Å². The number of carbonyl (C=O) groups is 2. The predicted octanol–water partition coefficient (Wildman–Crippen LogP) is 3.61. The summed E-state index contributed by atoms with van der Waals surface area (Å²) in [6, 6.07) is 12.2. The summed E-state index contributed by atoms with van der Waals surface area (Å²) >= 11 is 6.18. The minimum Gasteiger partial charge on any atom is -0.491 e. The lowest BCUT2D eigenvalue weighted by Gasteiger charge is -2.21. The van der Waals surface area contributed by atoms with Crippen molar-refractivity contribution in [3.8, 4) is 5.75 Å². The first-order valence-electron chi connectivity index (χ1n) is 9.52. The summed E-state index contributed by atoms with van der Waals surface area (Å²) < 4.78 is 26.2. The van der Waals surface area contributed by atoms with Crippen LogP contribution in [0.5, 0.6) is 5.75 Å². The molecule has 0 fully saturated rings. The van der Waals surface area contributed by atoms with Crippen LogP contribution in [0.1, 0.15) is 27.6 Å². The van der Waals surface area contributed by atoms with Crippen LogP contribution in [0.4, 0.5) is 4.79 Å². The highest BCUT2D eigenvalue weighted by Gasteiger charge is 2.20. The summed E-state index contributed by atoms with van der Waals surface area (Å²) in [6.45, 7) is 1.13. The van der Waals surface area contributed by atoms with Gasteiger partial charge in [0.2, 0.25) is 0 Å². The van der Waals surface area contributed by atoms with Gasteiger partial charge >= 0.3 is 12.1 Å². The Hall–Kier alpha value is -2.81. The van der Waals surface area contributed by atoms with Crippen LogP contribution >= 0.6 is 11.6 Å². The van der Waals surface area contributed by atoms with Crippen LogP contribution in [0.25, 0.3) is 0 Å². The number of hydrogen-bond acceptors (Lipinski definition) is 7. The lowest BCUT2D eigenvalue weighted by molar-refractivity contribution is 0.0598. The molecule has 0 radical (unpaired) electrons. The fraction of sp³-hybridized carbons (Fsp3) is 0.364. The van der Waals surface area contributed by atoms with Crippen LogP contribution in [0.3, 0.4) is 0 Å². The molecule has 31 heavy (non-hydrogen) atoms. The molecule has 1 atom stereocenters. The van der Waals surface area contributed by atoms with E-state index in [0.717, 1.165) is 5.56 Å². The average molecular weight is 452 g/mol. The third-order valence-electron chi connectivity index (χ3n) is 4.20. The fourth-order valence-corrected chi connectivity index (χ4v) is 2.99.